The monoisotopic (exact) mass is 264 g/mol. The van der Waals surface area contributed by atoms with Gasteiger partial charge >= 0.3 is 0 Å². The van der Waals surface area contributed by atoms with Crippen LogP contribution in [0.3, 0.4) is 0 Å². The zero-order valence-electron chi connectivity index (χ0n) is 12.9. The van der Waals surface area contributed by atoms with Crippen LogP contribution in [0.15, 0.2) is 0 Å². The Balaban J connectivity index is 1.72. The number of carbonyl (C=O) groups excluding carboxylic acids is 1. The van der Waals surface area contributed by atoms with Gasteiger partial charge in [-0.15, -0.1) is 0 Å². The quantitative estimate of drug-likeness (QED) is 0.727. The summed E-state index contributed by atoms with van der Waals surface area (Å²) in [6, 6.07) is 0.753. The average Bonchev–Trinajstić information content (AvgIpc) is 2.77. The fourth-order valence-corrected chi connectivity index (χ4v) is 4.45. The van der Waals surface area contributed by atoms with Crippen LogP contribution < -0.4 is 0 Å². The minimum Gasteiger partial charge on any atom is -0.336 e. The standard InChI is InChI=1S/C16H28N2O/c1-12-10-16(7-5-8-16)11-17(12)13-6-9-18(14(13)19)15(2,3)4/h12-13H,5-11H2,1-4H3. The van der Waals surface area contributed by atoms with Gasteiger partial charge in [-0.05, 0) is 58.8 Å². The molecule has 1 aliphatic carbocycles. The Morgan fingerprint density at radius 2 is 1.95 bits per heavy atom. The minimum atomic E-state index is -0.0248. The number of amides is 1. The molecule has 2 atom stereocenters. The van der Waals surface area contributed by atoms with Gasteiger partial charge in [0.15, 0.2) is 0 Å². The van der Waals surface area contributed by atoms with Crippen molar-refractivity contribution >= 4 is 5.91 Å². The molecule has 1 amide bonds. The molecule has 3 aliphatic rings. The molecule has 3 rings (SSSR count). The number of hydrogen-bond acceptors (Lipinski definition) is 2. The molecule has 2 saturated heterocycles. The summed E-state index contributed by atoms with van der Waals surface area (Å²) in [7, 11) is 0. The lowest BCUT2D eigenvalue weighted by Gasteiger charge is -2.39. The van der Waals surface area contributed by atoms with Crippen LogP contribution in [0.5, 0.6) is 0 Å². The highest BCUT2D eigenvalue weighted by molar-refractivity contribution is 5.84. The van der Waals surface area contributed by atoms with Crippen molar-refractivity contribution in [3.63, 3.8) is 0 Å². The van der Waals surface area contributed by atoms with E-state index in [1.807, 2.05) is 0 Å². The van der Waals surface area contributed by atoms with E-state index in [0.717, 1.165) is 13.0 Å². The van der Waals surface area contributed by atoms with Crippen LogP contribution >= 0.6 is 0 Å². The second-order valence-corrected chi connectivity index (χ2v) is 8.04. The van der Waals surface area contributed by atoms with Crippen LogP contribution in [0.25, 0.3) is 0 Å². The van der Waals surface area contributed by atoms with Crippen molar-refractivity contribution in [2.75, 3.05) is 13.1 Å². The maximum absolute atomic E-state index is 12.7. The van der Waals surface area contributed by atoms with Gasteiger partial charge in [0.05, 0.1) is 6.04 Å². The molecule has 0 bridgehead atoms. The molecular weight excluding hydrogens is 236 g/mol. The van der Waals surface area contributed by atoms with Gasteiger partial charge < -0.3 is 4.90 Å². The van der Waals surface area contributed by atoms with Crippen molar-refractivity contribution in [2.45, 2.75) is 77.4 Å². The Morgan fingerprint density at radius 3 is 2.37 bits per heavy atom. The number of rotatable bonds is 1. The van der Waals surface area contributed by atoms with Gasteiger partial charge in [0.2, 0.25) is 5.91 Å². The lowest BCUT2D eigenvalue weighted by molar-refractivity contribution is -0.136. The van der Waals surface area contributed by atoms with E-state index < -0.39 is 0 Å². The first-order valence-electron chi connectivity index (χ1n) is 7.90. The fraction of sp³-hybridized carbons (Fsp3) is 0.938. The third kappa shape index (κ3) is 2.10. The lowest BCUT2D eigenvalue weighted by Crippen LogP contribution is -2.49. The Labute approximate surface area is 117 Å². The second kappa shape index (κ2) is 4.21. The molecule has 3 nitrogen and oxygen atoms in total. The summed E-state index contributed by atoms with van der Waals surface area (Å²) in [5.41, 5.74) is 0.553. The first-order chi connectivity index (χ1) is 8.82. The van der Waals surface area contributed by atoms with Crippen molar-refractivity contribution in [3.8, 4) is 0 Å². The summed E-state index contributed by atoms with van der Waals surface area (Å²) in [6.45, 7) is 10.9. The average molecular weight is 264 g/mol. The SMILES string of the molecule is CC1CC2(CCC2)CN1C1CCN(C(C)(C)C)C1=O. The predicted octanol–water partition coefficient (Wildman–Crippen LogP) is 2.65. The van der Waals surface area contributed by atoms with E-state index in [1.165, 1.54) is 32.2 Å². The normalized spacial score (nSPS) is 35.2. The number of likely N-dealkylation sites (tertiary alicyclic amines) is 2. The molecule has 19 heavy (non-hydrogen) atoms. The Bertz CT molecular complexity index is 381. The van der Waals surface area contributed by atoms with Gasteiger partial charge in [-0.2, -0.15) is 0 Å². The second-order valence-electron chi connectivity index (χ2n) is 8.04. The van der Waals surface area contributed by atoms with Crippen LogP contribution in [0, 0.1) is 5.41 Å². The van der Waals surface area contributed by atoms with Crippen molar-refractivity contribution < 1.29 is 4.79 Å². The molecule has 3 heteroatoms. The molecule has 1 spiro atoms. The Hall–Kier alpha value is -0.570. The first kappa shape index (κ1) is 13.4. The van der Waals surface area contributed by atoms with E-state index >= 15 is 0 Å². The third-order valence-electron chi connectivity index (χ3n) is 5.61. The maximum Gasteiger partial charge on any atom is 0.240 e. The molecule has 0 N–H and O–H groups in total. The first-order valence-corrected chi connectivity index (χ1v) is 7.90. The van der Waals surface area contributed by atoms with Gasteiger partial charge in [0, 0.05) is 24.7 Å². The van der Waals surface area contributed by atoms with Crippen LogP contribution in [-0.2, 0) is 4.79 Å². The van der Waals surface area contributed by atoms with E-state index in [0.29, 0.717) is 17.4 Å². The summed E-state index contributed by atoms with van der Waals surface area (Å²) >= 11 is 0. The molecule has 2 aliphatic heterocycles. The van der Waals surface area contributed by atoms with Gasteiger partial charge in [0.1, 0.15) is 0 Å². The molecule has 3 fully saturated rings. The van der Waals surface area contributed by atoms with Crippen LogP contribution in [0.4, 0.5) is 0 Å². The summed E-state index contributed by atoms with van der Waals surface area (Å²) in [6.07, 6.45) is 6.51. The van der Waals surface area contributed by atoms with Gasteiger partial charge in [-0.3, -0.25) is 9.69 Å². The number of nitrogens with zero attached hydrogens (tertiary/aromatic N) is 2. The largest absolute Gasteiger partial charge is 0.336 e. The molecule has 108 valence electrons. The Morgan fingerprint density at radius 1 is 1.26 bits per heavy atom. The van der Waals surface area contributed by atoms with E-state index in [9.17, 15) is 4.79 Å². The summed E-state index contributed by atoms with van der Waals surface area (Å²) in [4.78, 5) is 17.3. The maximum atomic E-state index is 12.7. The molecule has 2 heterocycles. The fourth-order valence-electron chi connectivity index (χ4n) is 4.45. The van der Waals surface area contributed by atoms with Crippen LogP contribution in [0.2, 0.25) is 0 Å². The van der Waals surface area contributed by atoms with Gasteiger partial charge in [0.25, 0.3) is 0 Å². The summed E-state index contributed by atoms with van der Waals surface area (Å²) < 4.78 is 0. The number of carbonyl (C=O) groups is 1. The van der Waals surface area contributed by atoms with E-state index in [1.54, 1.807) is 0 Å². The lowest BCUT2D eigenvalue weighted by atomic mass is 9.68. The van der Waals surface area contributed by atoms with Crippen molar-refractivity contribution in [3.05, 3.63) is 0 Å². The summed E-state index contributed by atoms with van der Waals surface area (Å²) in [5, 5.41) is 0. The number of hydrogen-bond donors (Lipinski definition) is 0. The van der Waals surface area contributed by atoms with E-state index in [4.69, 9.17) is 0 Å². The molecule has 0 aromatic heterocycles. The highest BCUT2D eigenvalue weighted by atomic mass is 16.2. The molecule has 0 radical (unpaired) electrons. The molecular formula is C16H28N2O. The van der Waals surface area contributed by atoms with E-state index in [-0.39, 0.29) is 11.6 Å². The summed E-state index contributed by atoms with van der Waals surface area (Å²) in [5.74, 6) is 0.371. The smallest absolute Gasteiger partial charge is 0.240 e. The van der Waals surface area contributed by atoms with Crippen molar-refractivity contribution in [1.82, 2.24) is 9.80 Å². The van der Waals surface area contributed by atoms with Crippen LogP contribution in [0.1, 0.15) is 59.8 Å². The molecule has 1 saturated carbocycles. The van der Waals surface area contributed by atoms with Gasteiger partial charge in [-0.1, -0.05) is 6.42 Å². The molecule has 2 unspecified atom stereocenters. The van der Waals surface area contributed by atoms with Crippen LogP contribution in [-0.4, -0.2) is 46.4 Å². The van der Waals surface area contributed by atoms with Crippen molar-refractivity contribution in [2.24, 2.45) is 5.41 Å². The highest BCUT2D eigenvalue weighted by Crippen LogP contribution is 2.51. The third-order valence-corrected chi connectivity index (χ3v) is 5.61. The van der Waals surface area contributed by atoms with Crippen molar-refractivity contribution in [1.29, 1.82) is 0 Å². The van der Waals surface area contributed by atoms with Gasteiger partial charge in [-0.25, -0.2) is 0 Å². The minimum absolute atomic E-state index is 0.0248. The predicted molar refractivity (Wildman–Crippen MR) is 76.9 cm³/mol. The molecule has 0 aromatic rings. The van der Waals surface area contributed by atoms with E-state index in [2.05, 4.69) is 37.5 Å². The topological polar surface area (TPSA) is 23.6 Å². The zero-order chi connectivity index (χ0) is 13.8. The molecule has 0 aromatic carbocycles. The zero-order valence-corrected chi connectivity index (χ0v) is 12.9. The Kier molecular flexibility index (Phi) is 2.97. The highest BCUT2D eigenvalue weighted by Gasteiger charge is 2.51.